The summed E-state index contributed by atoms with van der Waals surface area (Å²) in [5.74, 6) is -4.32. The van der Waals surface area contributed by atoms with Gasteiger partial charge in [0.2, 0.25) is 18.6 Å². The van der Waals surface area contributed by atoms with Gasteiger partial charge >= 0.3 is 0 Å². The number of benzene rings is 2. The molecule has 0 saturated carbocycles. The van der Waals surface area contributed by atoms with Crippen LogP contribution < -0.4 is 10.1 Å². The number of alkyl halides is 1. The van der Waals surface area contributed by atoms with Crippen LogP contribution in [0.1, 0.15) is 27.9 Å². The van der Waals surface area contributed by atoms with E-state index in [0.29, 0.717) is 26.2 Å². The van der Waals surface area contributed by atoms with E-state index in [9.17, 15) is 27.6 Å². The van der Waals surface area contributed by atoms with Gasteiger partial charge in [-0.15, -0.1) is 0 Å². The molecule has 3 amide bonds. The van der Waals surface area contributed by atoms with E-state index < -0.39 is 30.2 Å². The highest BCUT2D eigenvalue weighted by Gasteiger charge is 2.25. The Hall–Kier alpha value is -4.06. The van der Waals surface area contributed by atoms with Crippen molar-refractivity contribution in [2.75, 3.05) is 38.4 Å². The minimum absolute atomic E-state index is 0.0477. The van der Waals surface area contributed by atoms with E-state index in [1.165, 1.54) is 49.0 Å². The lowest BCUT2D eigenvalue weighted by Gasteiger charge is -2.34. The molecule has 13 heteroatoms. The second kappa shape index (κ2) is 11.1. The van der Waals surface area contributed by atoms with Gasteiger partial charge in [0.15, 0.2) is 17.4 Å². The van der Waals surface area contributed by atoms with E-state index >= 15 is 0 Å². The first-order valence-electron chi connectivity index (χ1n) is 11.5. The quantitative estimate of drug-likeness (QED) is 0.503. The van der Waals surface area contributed by atoms with Gasteiger partial charge in [0.05, 0.1) is 22.5 Å². The highest BCUT2D eigenvalue weighted by Crippen LogP contribution is 2.30. The maximum atomic E-state index is 14.6. The zero-order valence-corrected chi connectivity index (χ0v) is 21.2. The predicted molar refractivity (Wildman–Crippen MR) is 133 cm³/mol. The van der Waals surface area contributed by atoms with Crippen LogP contribution in [0.3, 0.4) is 0 Å². The summed E-state index contributed by atoms with van der Waals surface area (Å²) < 4.78 is 46.8. The zero-order valence-electron chi connectivity index (χ0n) is 20.4. The van der Waals surface area contributed by atoms with Crippen LogP contribution in [0.4, 0.5) is 18.9 Å². The number of imidazole rings is 1. The summed E-state index contributed by atoms with van der Waals surface area (Å²) in [5.41, 5.74) is 0.436. The monoisotopic (exact) mass is 549 g/mol. The van der Waals surface area contributed by atoms with Gasteiger partial charge in [0.1, 0.15) is 0 Å². The van der Waals surface area contributed by atoms with Crippen molar-refractivity contribution >= 4 is 35.0 Å². The summed E-state index contributed by atoms with van der Waals surface area (Å²) in [7, 11) is 1.45. The Balaban J connectivity index is 1.48. The maximum absolute atomic E-state index is 14.6. The average molecular weight is 550 g/mol. The molecule has 1 saturated heterocycles. The number of aromatic nitrogens is 2. The van der Waals surface area contributed by atoms with Gasteiger partial charge in [0.25, 0.3) is 11.8 Å². The van der Waals surface area contributed by atoms with Crippen molar-refractivity contribution in [3.63, 3.8) is 0 Å². The molecule has 0 atom stereocenters. The molecule has 38 heavy (non-hydrogen) atoms. The molecule has 0 bridgehead atoms. The van der Waals surface area contributed by atoms with Gasteiger partial charge in [-0.25, -0.2) is 13.8 Å². The summed E-state index contributed by atoms with van der Waals surface area (Å²) in [6, 6.07) is 6.68. The van der Waals surface area contributed by atoms with Crippen molar-refractivity contribution in [3.8, 4) is 17.0 Å². The van der Waals surface area contributed by atoms with Crippen LogP contribution in [0, 0.1) is 11.6 Å². The molecule has 9 nitrogen and oxygen atoms in total. The molecule has 3 aromatic rings. The molecule has 0 unspecified atom stereocenters. The number of nitrogens with zero attached hydrogens (tertiary/aromatic N) is 4. The zero-order chi connectivity index (χ0) is 27.6. The summed E-state index contributed by atoms with van der Waals surface area (Å²) in [5, 5.41) is 2.74. The third-order valence-electron chi connectivity index (χ3n) is 6.19. The number of anilines is 1. The first-order valence-corrected chi connectivity index (χ1v) is 11.8. The fraction of sp³-hybridized carbons (Fsp3) is 0.280. The van der Waals surface area contributed by atoms with E-state index in [1.807, 2.05) is 0 Å². The second-order valence-electron chi connectivity index (χ2n) is 8.47. The molecule has 0 radical (unpaired) electrons. The molecule has 2 heterocycles. The molecule has 200 valence electrons. The van der Waals surface area contributed by atoms with Gasteiger partial charge in [-0.3, -0.25) is 14.4 Å². The largest absolute Gasteiger partial charge is 0.460 e. The number of ether oxygens (including phenoxy) is 1. The van der Waals surface area contributed by atoms with Crippen LogP contribution in [0.15, 0.2) is 36.5 Å². The summed E-state index contributed by atoms with van der Waals surface area (Å²) in [6.45, 7) is 1.79. The van der Waals surface area contributed by atoms with Crippen LogP contribution in [0.25, 0.3) is 11.3 Å². The number of carbonyl (C=O) groups is 3. The lowest BCUT2D eigenvalue weighted by atomic mass is 10.1. The van der Waals surface area contributed by atoms with Crippen LogP contribution >= 0.6 is 11.6 Å². The number of halogens is 4. The molecule has 0 aliphatic carbocycles. The van der Waals surface area contributed by atoms with Crippen molar-refractivity contribution in [1.29, 1.82) is 0 Å². The number of carbonyl (C=O) groups excluding carboxylic acids is 3. The lowest BCUT2D eigenvalue weighted by molar-refractivity contribution is -0.130. The van der Waals surface area contributed by atoms with Crippen molar-refractivity contribution in [3.05, 3.63) is 64.6 Å². The molecule has 2 aromatic carbocycles. The average Bonchev–Trinajstić information content (AvgIpc) is 3.28. The standard InChI is InChI=1S/C25H23ClF3N5O4/c1-14(35)33-7-9-34(10-8-33)25(37)16-4-3-15(11-18(16)26)31-24(36)23-30-12-19(32(23)2)17-5-6-20(38-13-27)22(29)21(17)28/h3-6,11-12H,7-10,13H2,1-2H3,(H,31,36). The third kappa shape index (κ3) is 5.30. The Morgan fingerprint density at radius 3 is 2.37 bits per heavy atom. The predicted octanol–water partition coefficient (Wildman–Crippen LogP) is 3.88. The first kappa shape index (κ1) is 27.0. The van der Waals surface area contributed by atoms with Crippen molar-refractivity contribution in [2.24, 2.45) is 7.05 Å². The third-order valence-corrected chi connectivity index (χ3v) is 6.51. The Kier molecular flexibility index (Phi) is 7.91. The van der Waals surface area contributed by atoms with Gasteiger partial charge in [-0.2, -0.15) is 4.39 Å². The van der Waals surface area contributed by atoms with Gasteiger partial charge in [-0.1, -0.05) is 11.6 Å². The fourth-order valence-corrected chi connectivity index (χ4v) is 4.38. The van der Waals surface area contributed by atoms with Gasteiger partial charge < -0.3 is 24.4 Å². The van der Waals surface area contributed by atoms with E-state index in [2.05, 4.69) is 15.0 Å². The number of hydrogen-bond acceptors (Lipinski definition) is 5. The molecule has 1 aliphatic heterocycles. The number of piperazine rings is 1. The molecule has 0 spiro atoms. The van der Waals surface area contributed by atoms with Crippen molar-refractivity contribution in [1.82, 2.24) is 19.4 Å². The summed E-state index contributed by atoms with van der Waals surface area (Å²) in [4.78, 5) is 44.5. The van der Waals surface area contributed by atoms with Crippen LogP contribution in [0.2, 0.25) is 5.02 Å². The summed E-state index contributed by atoms with van der Waals surface area (Å²) in [6.07, 6.45) is 1.20. The Bertz CT molecular complexity index is 1410. The maximum Gasteiger partial charge on any atom is 0.291 e. The minimum Gasteiger partial charge on any atom is -0.460 e. The normalized spacial score (nSPS) is 13.4. The fourth-order valence-electron chi connectivity index (χ4n) is 4.12. The highest BCUT2D eigenvalue weighted by atomic mass is 35.5. The van der Waals surface area contributed by atoms with Crippen molar-refractivity contribution in [2.45, 2.75) is 6.92 Å². The smallest absolute Gasteiger partial charge is 0.291 e. The Morgan fingerprint density at radius 2 is 1.74 bits per heavy atom. The SMILES string of the molecule is CC(=O)N1CCN(C(=O)c2ccc(NC(=O)c3ncc(-c4ccc(OCF)c(F)c4F)n3C)cc2Cl)CC1. The molecule has 1 N–H and O–H groups in total. The minimum atomic E-state index is -1.36. The van der Waals surface area contributed by atoms with E-state index in [1.54, 1.807) is 9.80 Å². The second-order valence-corrected chi connectivity index (χ2v) is 8.87. The Morgan fingerprint density at radius 1 is 1.05 bits per heavy atom. The molecule has 1 fully saturated rings. The summed E-state index contributed by atoms with van der Waals surface area (Å²) >= 11 is 6.34. The topological polar surface area (TPSA) is 96.8 Å². The molecular formula is C25H23ClF3N5O4. The van der Waals surface area contributed by atoms with Crippen LogP contribution in [0.5, 0.6) is 5.75 Å². The van der Waals surface area contributed by atoms with Crippen LogP contribution in [-0.2, 0) is 11.8 Å². The van der Waals surface area contributed by atoms with E-state index in [-0.39, 0.29) is 45.2 Å². The van der Waals surface area contributed by atoms with Gasteiger partial charge in [-0.05, 0) is 30.3 Å². The first-order chi connectivity index (χ1) is 18.1. The number of rotatable bonds is 6. The molecule has 1 aromatic heterocycles. The molecular weight excluding hydrogens is 527 g/mol. The van der Waals surface area contributed by atoms with Crippen LogP contribution in [-0.4, -0.2) is 70.1 Å². The molecule has 1 aliphatic rings. The van der Waals surface area contributed by atoms with Crippen molar-refractivity contribution < 1.29 is 32.3 Å². The Labute approximate surface area is 220 Å². The lowest BCUT2D eigenvalue weighted by Crippen LogP contribution is -2.50. The number of hydrogen-bond donors (Lipinski definition) is 1. The number of nitrogens with one attached hydrogen (secondary N) is 1. The molecule has 4 rings (SSSR count). The van der Waals surface area contributed by atoms with E-state index in [0.717, 1.165) is 6.07 Å². The van der Waals surface area contributed by atoms with Gasteiger partial charge in [0, 0.05) is 51.4 Å². The number of amides is 3. The van der Waals surface area contributed by atoms with E-state index in [4.69, 9.17) is 11.6 Å². The highest BCUT2D eigenvalue weighted by molar-refractivity contribution is 6.34.